The third kappa shape index (κ3) is 3.55. The number of hydrogen-bond donors (Lipinski definition) is 1. The van der Waals surface area contributed by atoms with Gasteiger partial charge in [-0.25, -0.2) is 0 Å². The number of aromatic amines is 1. The zero-order chi connectivity index (χ0) is 25.8. The van der Waals surface area contributed by atoms with Crippen molar-refractivity contribution in [3.8, 4) is 33.4 Å². The van der Waals surface area contributed by atoms with Crippen molar-refractivity contribution in [3.63, 3.8) is 0 Å². The normalized spacial score (nSPS) is 11.6. The number of benzene rings is 7. The van der Waals surface area contributed by atoms with E-state index in [1.165, 1.54) is 71.2 Å². The Morgan fingerprint density at radius 3 is 1.64 bits per heavy atom. The molecule has 1 N–H and O–H groups in total. The summed E-state index contributed by atoms with van der Waals surface area (Å²) in [5.41, 5.74) is 9.77. The predicted octanol–water partition coefficient (Wildman–Crippen LogP) is 10.6. The molecule has 7 aromatic carbocycles. The molecule has 0 bridgehead atoms. The first-order valence-electron chi connectivity index (χ1n) is 13.4. The number of para-hydroxylation sites is 1. The van der Waals surface area contributed by atoms with E-state index in [0.29, 0.717) is 0 Å². The van der Waals surface area contributed by atoms with Crippen LogP contribution in [0.5, 0.6) is 0 Å². The van der Waals surface area contributed by atoms with Gasteiger partial charge in [-0.2, -0.15) is 0 Å². The van der Waals surface area contributed by atoms with Crippen molar-refractivity contribution in [1.29, 1.82) is 0 Å². The first-order valence-corrected chi connectivity index (χ1v) is 13.4. The van der Waals surface area contributed by atoms with E-state index in [0.717, 1.165) is 5.52 Å². The Kier molecular flexibility index (Phi) is 4.89. The van der Waals surface area contributed by atoms with E-state index in [1.807, 2.05) is 0 Å². The molecule has 39 heavy (non-hydrogen) atoms. The van der Waals surface area contributed by atoms with Crippen LogP contribution in [0.25, 0.3) is 76.7 Å². The van der Waals surface area contributed by atoms with Crippen LogP contribution in [0.2, 0.25) is 0 Å². The highest BCUT2D eigenvalue weighted by molar-refractivity contribution is 6.15. The molecule has 0 radical (unpaired) electrons. The van der Waals surface area contributed by atoms with E-state index < -0.39 is 0 Å². The summed E-state index contributed by atoms with van der Waals surface area (Å²) in [6.45, 7) is 0. The molecule has 8 rings (SSSR count). The highest BCUT2D eigenvalue weighted by atomic mass is 14.7. The molecule has 0 saturated heterocycles. The molecular weight excluding hydrogens is 470 g/mol. The maximum Gasteiger partial charge on any atom is 0.0545 e. The van der Waals surface area contributed by atoms with Crippen LogP contribution in [0.1, 0.15) is 0 Å². The Bertz CT molecular complexity index is 2150. The lowest BCUT2D eigenvalue weighted by molar-refractivity contribution is 1.54. The minimum absolute atomic E-state index is 1.16. The maximum atomic E-state index is 3.74. The van der Waals surface area contributed by atoms with Gasteiger partial charge in [0, 0.05) is 21.9 Å². The summed E-state index contributed by atoms with van der Waals surface area (Å²) in [6.07, 6.45) is 0. The van der Waals surface area contributed by atoms with Gasteiger partial charge >= 0.3 is 0 Å². The minimum Gasteiger partial charge on any atom is -0.354 e. The quantitative estimate of drug-likeness (QED) is 0.251. The fraction of sp³-hybridized carbons (Fsp3) is 0. The molecule has 8 aromatic rings. The SMILES string of the molecule is c1ccc2c(-c3ccc(-c4cc(-c5cccc6ccccc56)c5[nH]c6ccccc6c5c4)cc3)cccc2c1. The van der Waals surface area contributed by atoms with Gasteiger partial charge in [0.05, 0.1) is 5.52 Å². The molecule has 1 heterocycles. The molecule has 1 aromatic heterocycles. The summed E-state index contributed by atoms with van der Waals surface area (Å²) in [6, 6.07) is 52.8. The lowest BCUT2D eigenvalue weighted by Gasteiger charge is -2.12. The van der Waals surface area contributed by atoms with Gasteiger partial charge in [0.2, 0.25) is 0 Å². The molecule has 182 valence electrons. The molecule has 0 aliphatic heterocycles. The van der Waals surface area contributed by atoms with Crippen molar-refractivity contribution < 1.29 is 0 Å². The van der Waals surface area contributed by atoms with E-state index in [-0.39, 0.29) is 0 Å². The van der Waals surface area contributed by atoms with Crippen LogP contribution in [-0.2, 0) is 0 Å². The minimum atomic E-state index is 1.16. The summed E-state index contributed by atoms with van der Waals surface area (Å²) >= 11 is 0. The second kappa shape index (κ2) is 8.72. The van der Waals surface area contributed by atoms with Gasteiger partial charge in [-0.1, -0.05) is 127 Å². The van der Waals surface area contributed by atoms with Gasteiger partial charge < -0.3 is 4.98 Å². The van der Waals surface area contributed by atoms with Crippen molar-refractivity contribution in [3.05, 3.63) is 146 Å². The third-order valence-electron chi connectivity index (χ3n) is 8.01. The zero-order valence-electron chi connectivity index (χ0n) is 21.4. The number of H-pyrrole nitrogens is 1. The highest BCUT2D eigenvalue weighted by Crippen LogP contribution is 2.40. The zero-order valence-corrected chi connectivity index (χ0v) is 21.4. The van der Waals surface area contributed by atoms with Crippen LogP contribution >= 0.6 is 0 Å². The molecule has 0 saturated carbocycles. The standard InChI is InChI=1S/C38H25N/c1-3-13-30-26(9-1)11-7-16-31(30)28-21-19-25(20-22-28)29-23-35(33-17-8-12-27-10-2-4-14-32(27)33)38-36(24-29)34-15-5-6-18-37(34)39-38/h1-24,39H. The molecule has 1 nitrogen and oxygen atoms in total. The molecule has 0 fully saturated rings. The number of fused-ring (bicyclic) bond motifs is 5. The molecule has 0 aliphatic carbocycles. The molecule has 0 atom stereocenters. The molecule has 0 unspecified atom stereocenters. The Morgan fingerprint density at radius 1 is 0.333 bits per heavy atom. The second-order valence-electron chi connectivity index (χ2n) is 10.2. The average molecular weight is 496 g/mol. The Labute approximate surface area is 227 Å². The number of nitrogens with one attached hydrogen (secondary N) is 1. The number of hydrogen-bond acceptors (Lipinski definition) is 0. The van der Waals surface area contributed by atoms with Crippen LogP contribution in [0.15, 0.2) is 146 Å². The van der Waals surface area contributed by atoms with Gasteiger partial charge in [-0.05, 0) is 67.6 Å². The largest absolute Gasteiger partial charge is 0.354 e. The maximum absolute atomic E-state index is 3.74. The Hall–Kier alpha value is -5.14. The summed E-state index contributed by atoms with van der Waals surface area (Å²) in [5.74, 6) is 0. The van der Waals surface area contributed by atoms with Crippen LogP contribution in [-0.4, -0.2) is 4.98 Å². The van der Waals surface area contributed by atoms with Crippen molar-refractivity contribution in [1.82, 2.24) is 4.98 Å². The molecule has 0 aliphatic rings. The second-order valence-corrected chi connectivity index (χ2v) is 10.2. The van der Waals surface area contributed by atoms with Gasteiger partial charge in [-0.3, -0.25) is 0 Å². The van der Waals surface area contributed by atoms with E-state index in [9.17, 15) is 0 Å². The lowest BCUT2D eigenvalue weighted by atomic mass is 9.92. The highest BCUT2D eigenvalue weighted by Gasteiger charge is 2.15. The van der Waals surface area contributed by atoms with Crippen LogP contribution in [0.3, 0.4) is 0 Å². The molecular formula is C38H25N. The smallest absolute Gasteiger partial charge is 0.0545 e. The van der Waals surface area contributed by atoms with E-state index in [2.05, 4.69) is 151 Å². The monoisotopic (exact) mass is 495 g/mol. The Morgan fingerprint density at radius 2 is 0.897 bits per heavy atom. The summed E-state index contributed by atoms with van der Waals surface area (Å²) < 4.78 is 0. The van der Waals surface area contributed by atoms with Crippen molar-refractivity contribution in [2.24, 2.45) is 0 Å². The summed E-state index contributed by atoms with van der Waals surface area (Å²) in [4.78, 5) is 3.74. The topological polar surface area (TPSA) is 15.8 Å². The van der Waals surface area contributed by atoms with E-state index >= 15 is 0 Å². The van der Waals surface area contributed by atoms with Gasteiger partial charge in [-0.15, -0.1) is 0 Å². The lowest BCUT2D eigenvalue weighted by Crippen LogP contribution is -1.87. The number of aromatic nitrogens is 1. The summed E-state index contributed by atoms with van der Waals surface area (Å²) in [5, 5.41) is 7.58. The van der Waals surface area contributed by atoms with Gasteiger partial charge in [0.25, 0.3) is 0 Å². The predicted molar refractivity (Wildman–Crippen MR) is 167 cm³/mol. The first kappa shape index (κ1) is 21.9. The molecule has 0 spiro atoms. The first-order chi connectivity index (χ1) is 19.3. The van der Waals surface area contributed by atoms with E-state index in [1.54, 1.807) is 0 Å². The summed E-state index contributed by atoms with van der Waals surface area (Å²) in [7, 11) is 0. The Balaban J connectivity index is 1.34. The van der Waals surface area contributed by atoms with Crippen molar-refractivity contribution >= 4 is 43.4 Å². The molecule has 0 amide bonds. The van der Waals surface area contributed by atoms with Crippen molar-refractivity contribution in [2.45, 2.75) is 0 Å². The number of rotatable bonds is 3. The van der Waals surface area contributed by atoms with Crippen molar-refractivity contribution in [2.75, 3.05) is 0 Å². The molecule has 1 heteroatoms. The van der Waals surface area contributed by atoms with Crippen LogP contribution in [0.4, 0.5) is 0 Å². The average Bonchev–Trinajstić information content (AvgIpc) is 3.39. The fourth-order valence-electron chi connectivity index (χ4n) is 6.11. The van der Waals surface area contributed by atoms with Crippen LogP contribution in [0, 0.1) is 0 Å². The van der Waals surface area contributed by atoms with Gasteiger partial charge in [0.1, 0.15) is 0 Å². The van der Waals surface area contributed by atoms with E-state index in [4.69, 9.17) is 0 Å². The van der Waals surface area contributed by atoms with Crippen LogP contribution < -0.4 is 0 Å². The fourth-order valence-corrected chi connectivity index (χ4v) is 6.11. The van der Waals surface area contributed by atoms with Gasteiger partial charge in [0.15, 0.2) is 0 Å². The third-order valence-corrected chi connectivity index (χ3v) is 8.01.